The van der Waals surface area contributed by atoms with Crippen molar-refractivity contribution in [1.29, 1.82) is 0 Å². The van der Waals surface area contributed by atoms with Crippen LogP contribution in [0.25, 0.3) is 22.3 Å². The van der Waals surface area contributed by atoms with Crippen LogP contribution < -0.4 is 4.90 Å². The van der Waals surface area contributed by atoms with Crippen LogP contribution in [0, 0.1) is 0 Å². The number of pyridine rings is 2. The van der Waals surface area contributed by atoms with Gasteiger partial charge in [0.25, 0.3) is 0 Å². The first kappa shape index (κ1) is 13.3. The van der Waals surface area contributed by atoms with Crippen LogP contribution in [0.2, 0.25) is 0 Å². The Kier molecular flexibility index (Phi) is 3.47. The summed E-state index contributed by atoms with van der Waals surface area (Å²) in [7, 11) is 0. The normalized spacial score (nSPS) is 15.2. The summed E-state index contributed by atoms with van der Waals surface area (Å²) in [4.78, 5) is 11.8. The molecule has 0 saturated carbocycles. The van der Waals surface area contributed by atoms with Gasteiger partial charge < -0.3 is 4.90 Å². The van der Waals surface area contributed by atoms with Crippen molar-refractivity contribution in [2.75, 3.05) is 18.0 Å². The molecule has 1 aliphatic rings. The minimum atomic E-state index is 0.937. The Labute approximate surface area is 130 Å². The second kappa shape index (κ2) is 5.76. The summed E-state index contributed by atoms with van der Waals surface area (Å²) in [5.74, 6) is 0. The molecule has 0 bridgehead atoms. The van der Waals surface area contributed by atoms with E-state index in [9.17, 15) is 0 Å². The van der Waals surface area contributed by atoms with Crippen LogP contribution in [0.1, 0.15) is 19.3 Å². The van der Waals surface area contributed by atoms with Crippen LogP contribution in [-0.2, 0) is 0 Å². The Bertz CT molecular complexity index is 777. The highest BCUT2D eigenvalue weighted by Crippen LogP contribution is 2.31. The number of rotatable bonds is 2. The van der Waals surface area contributed by atoms with Gasteiger partial charge in [0.05, 0.1) is 16.9 Å². The minimum Gasteiger partial charge on any atom is -0.371 e. The fourth-order valence-electron chi connectivity index (χ4n) is 3.20. The van der Waals surface area contributed by atoms with Crippen LogP contribution in [0.5, 0.6) is 0 Å². The van der Waals surface area contributed by atoms with Gasteiger partial charge in [-0.2, -0.15) is 0 Å². The highest BCUT2D eigenvalue weighted by atomic mass is 15.1. The van der Waals surface area contributed by atoms with E-state index in [1.165, 1.54) is 30.3 Å². The van der Waals surface area contributed by atoms with E-state index in [-0.39, 0.29) is 0 Å². The predicted molar refractivity (Wildman–Crippen MR) is 91.0 cm³/mol. The van der Waals surface area contributed by atoms with Crippen LogP contribution in [0.3, 0.4) is 0 Å². The van der Waals surface area contributed by atoms with Crippen molar-refractivity contribution < 1.29 is 0 Å². The number of hydrogen-bond acceptors (Lipinski definition) is 3. The zero-order chi connectivity index (χ0) is 14.8. The van der Waals surface area contributed by atoms with Crippen molar-refractivity contribution >= 4 is 16.6 Å². The van der Waals surface area contributed by atoms with E-state index in [1.54, 1.807) is 0 Å². The lowest BCUT2D eigenvalue weighted by atomic mass is 10.1. The quantitative estimate of drug-likeness (QED) is 0.705. The molecule has 0 N–H and O–H groups in total. The van der Waals surface area contributed by atoms with E-state index in [1.807, 2.05) is 24.4 Å². The van der Waals surface area contributed by atoms with Crippen molar-refractivity contribution in [2.45, 2.75) is 19.3 Å². The molecule has 0 atom stereocenters. The summed E-state index contributed by atoms with van der Waals surface area (Å²) in [6, 6.07) is 16.6. The Hall–Kier alpha value is -2.42. The van der Waals surface area contributed by atoms with Gasteiger partial charge in [0, 0.05) is 30.4 Å². The van der Waals surface area contributed by atoms with Crippen LogP contribution >= 0.6 is 0 Å². The van der Waals surface area contributed by atoms with E-state index in [0.717, 1.165) is 30.0 Å². The molecule has 0 amide bonds. The summed E-state index contributed by atoms with van der Waals surface area (Å²) in [6.45, 7) is 2.27. The maximum Gasteiger partial charge on any atom is 0.0914 e. The molecule has 1 aliphatic heterocycles. The molecule has 22 heavy (non-hydrogen) atoms. The average Bonchev–Trinajstić information content (AvgIpc) is 2.62. The number of anilines is 1. The molecule has 0 spiro atoms. The van der Waals surface area contributed by atoms with Gasteiger partial charge in [-0.25, -0.2) is 4.98 Å². The Morgan fingerprint density at radius 1 is 0.818 bits per heavy atom. The zero-order valence-electron chi connectivity index (χ0n) is 12.6. The van der Waals surface area contributed by atoms with Gasteiger partial charge in [-0.15, -0.1) is 0 Å². The van der Waals surface area contributed by atoms with Gasteiger partial charge >= 0.3 is 0 Å². The molecule has 3 heterocycles. The van der Waals surface area contributed by atoms with Gasteiger partial charge in [-0.1, -0.05) is 24.3 Å². The van der Waals surface area contributed by atoms with Crippen LogP contribution in [0.4, 0.5) is 5.69 Å². The van der Waals surface area contributed by atoms with Crippen molar-refractivity contribution in [3.8, 4) is 11.4 Å². The molecule has 1 aromatic carbocycles. The van der Waals surface area contributed by atoms with Gasteiger partial charge in [0.2, 0.25) is 0 Å². The fourth-order valence-corrected chi connectivity index (χ4v) is 3.20. The molecule has 4 rings (SSSR count). The van der Waals surface area contributed by atoms with Crippen LogP contribution in [0.15, 0.2) is 54.7 Å². The second-order valence-corrected chi connectivity index (χ2v) is 5.81. The minimum absolute atomic E-state index is 0.937. The van der Waals surface area contributed by atoms with Gasteiger partial charge in [0.1, 0.15) is 0 Å². The second-order valence-electron chi connectivity index (χ2n) is 5.81. The number of aromatic nitrogens is 2. The van der Waals surface area contributed by atoms with Crippen molar-refractivity contribution in [2.24, 2.45) is 0 Å². The van der Waals surface area contributed by atoms with E-state index in [4.69, 9.17) is 4.98 Å². The topological polar surface area (TPSA) is 29.0 Å². The third-order valence-electron chi connectivity index (χ3n) is 4.32. The van der Waals surface area contributed by atoms with Crippen molar-refractivity contribution in [3.63, 3.8) is 0 Å². The molecular weight excluding hydrogens is 270 g/mol. The lowest BCUT2D eigenvalue weighted by molar-refractivity contribution is 0.579. The molecule has 1 fully saturated rings. The molecule has 3 nitrogen and oxygen atoms in total. The molecule has 0 aliphatic carbocycles. The third kappa shape index (κ3) is 2.43. The number of piperidine rings is 1. The van der Waals surface area contributed by atoms with E-state index in [2.05, 4.69) is 40.2 Å². The standard InChI is InChI=1S/C19H19N3/c1-6-12-22(13-7-1)19-14-18(17-10-4-5-11-20-17)21-16-9-3-2-8-15(16)19/h2-5,8-11,14H,1,6-7,12-13H2. The number of hydrogen-bond donors (Lipinski definition) is 0. The van der Waals surface area contributed by atoms with Crippen LogP contribution in [-0.4, -0.2) is 23.1 Å². The van der Waals surface area contributed by atoms with Crippen molar-refractivity contribution in [1.82, 2.24) is 9.97 Å². The summed E-state index contributed by atoms with van der Waals surface area (Å²) < 4.78 is 0. The first-order valence-corrected chi connectivity index (χ1v) is 7.98. The number of para-hydroxylation sites is 1. The summed E-state index contributed by atoms with van der Waals surface area (Å²) in [5.41, 5.74) is 4.24. The number of nitrogens with zero attached hydrogens (tertiary/aromatic N) is 3. The highest BCUT2D eigenvalue weighted by molar-refractivity contribution is 5.94. The summed E-state index contributed by atoms with van der Waals surface area (Å²) in [6.07, 6.45) is 5.71. The van der Waals surface area contributed by atoms with Gasteiger partial charge in [0.15, 0.2) is 0 Å². The molecule has 3 aromatic rings. The molecule has 1 saturated heterocycles. The molecule has 0 unspecified atom stereocenters. The van der Waals surface area contributed by atoms with E-state index in [0.29, 0.717) is 0 Å². The number of fused-ring (bicyclic) bond motifs is 1. The van der Waals surface area contributed by atoms with E-state index < -0.39 is 0 Å². The smallest absolute Gasteiger partial charge is 0.0914 e. The van der Waals surface area contributed by atoms with Gasteiger partial charge in [-0.3, -0.25) is 4.98 Å². The monoisotopic (exact) mass is 289 g/mol. The Morgan fingerprint density at radius 3 is 2.45 bits per heavy atom. The molecule has 2 aromatic heterocycles. The maximum atomic E-state index is 4.81. The zero-order valence-corrected chi connectivity index (χ0v) is 12.6. The highest BCUT2D eigenvalue weighted by Gasteiger charge is 2.16. The molecule has 3 heteroatoms. The van der Waals surface area contributed by atoms with Gasteiger partial charge in [-0.05, 0) is 43.5 Å². The summed E-state index contributed by atoms with van der Waals surface area (Å²) in [5, 5.41) is 1.24. The third-order valence-corrected chi connectivity index (χ3v) is 4.32. The lowest BCUT2D eigenvalue weighted by Gasteiger charge is -2.30. The Morgan fingerprint density at radius 2 is 1.64 bits per heavy atom. The summed E-state index contributed by atoms with van der Waals surface area (Å²) >= 11 is 0. The lowest BCUT2D eigenvalue weighted by Crippen LogP contribution is -2.29. The predicted octanol–water partition coefficient (Wildman–Crippen LogP) is 4.29. The average molecular weight is 289 g/mol. The first-order chi connectivity index (χ1) is 10.9. The SMILES string of the molecule is c1ccc(-c2cc(N3CCCCC3)c3ccccc3n2)nc1. The molecule has 110 valence electrons. The van der Waals surface area contributed by atoms with Crippen molar-refractivity contribution in [3.05, 3.63) is 54.7 Å². The largest absolute Gasteiger partial charge is 0.371 e. The maximum absolute atomic E-state index is 4.81. The van der Waals surface area contributed by atoms with E-state index >= 15 is 0 Å². The fraction of sp³-hybridized carbons (Fsp3) is 0.263. The molecule has 0 radical (unpaired) electrons. The number of benzene rings is 1. The Balaban J connectivity index is 1.89. The molecular formula is C19H19N3. The first-order valence-electron chi connectivity index (χ1n) is 7.98.